The molecule has 0 unspecified atom stereocenters. The van der Waals surface area contributed by atoms with Crippen LogP contribution in [0.25, 0.3) is 22.6 Å². The molecule has 1 aromatic carbocycles. The molecule has 4 aromatic rings. The van der Waals surface area contributed by atoms with Gasteiger partial charge in [-0.05, 0) is 55.2 Å². The fourth-order valence-electron chi connectivity index (χ4n) is 3.83. The molecule has 5 rings (SSSR count). The Kier molecular flexibility index (Phi) is 3.79. The van der Waals surface area contributed by atoms with Gasteiger partial charge in [0.15, 0.2) is 5.82 Å². The standard InChI is InChI=1S/C21H22N6/c1-13-8-17-18(9-14(13)2)24-21(23-17)20-16-5-7-27(12-19(16)25-26-20)11-15-4-3-6-22-10-15/h3-4,6,8-10H,5,7,11-12H2,1-2H3,(H,23,24)(H,25,26). The van der Waals surface area contributed by atoms with E-state index < -0.39 is 0 Å². The molecule has 4 heterocycles. The van der Waals surface area contributed by atoms with Crippen LogP contribution in [0.15, 0.2) is 36.7 Å². The fraction of sp³-hybridized carbons (Fsp3) is 0.286. The Morgan fingerprint density at radius 2 is 2.07 bits per heavy atom. The lowest BCUT2D eigenvalue weighted by Gasteiger charge is -2.26. The highest BCUT2D eigenvalue weighted by molar-refractivity contribution is 5.81. The molecule has 27 heavy (non-hydrogen) atoms. The maximum absolute atomic E-state index is 4.80. The van der Waals surface area contributed by atoms with Crippen LogP contribution in [-0.4, -0.2) is 36.6 Å². The van der Waals surface area contributed by atoms with Gasteiger partial charge in [0.05, 0.1) is 16.7 Å². The largest absolute Gasteiger partial charge is 0.337 e. The Balaban J connectivity index is 1.43. The molecule has 0 spiro atoms. The summed E-state index contributed by atoms with van der Waals surface area (Å²) in [6.07, 6.45) is 4.72. The van der Waals surface area contributed by atoms with Gasteiger partial charge in [-0.1, -0.05) is 6.07 Å². The first kappa shape index (κ1) is 16.2. The van der Waals surface area contributed by atoms with E-state index in [1.807, 2.05) is 18.5 Å². The highest BCUT2D eigenvalue weighted by Crippen LogP contribution is 2.29. The molecule has 0 saturated heterocycles. The van der Waals surface area contributed by atoms with Crippen molar-refractivity contribution < 1.29 is 0 Å². The summed E-state index contributed by atoms with van der Waals surface area (Å²) in [7, 11) is 0. The van der Waals surface area contributed by atoms with E-state index in [1.54, 1.807) is 0 Å². The smallest absolute Gasteiger partial charge is 0.156 e. The van der Waals surface area contributed by atoms with Crippen LogP contribution in [0.4, 0.5) is 0 Å². The Morgan fingerprint density at radius 1 is 1.19 bits per heavy atom. The number of benzene rings is 1. The van der Waals surface area contributed by atoms with Crippen LogP contribution >= 0.6 is 0 Å². The molecule has 136 valence electrons. The molecule has 0 amide bonds. The molecule has 6 heteroatoms. The van der Waals surface area contributed by atoms with Crippen molar-refractivity contribution in [3.63, 3.8) is 0 Å². The van der Waals surface area contributed by atoms with Crippen LogP contribution in [0, 0.1) is 13.8 Å². The van der Waals surface area contributed by atoms with E-state index in [-0.39, 0.29) is 0 Å². The number of hydrogen-bond acceptors (Lipinski definition) is 4. The van der Waals surface area contributed by atoms with Crippen LogP contribution < -0.4 is 0 Å². The number of hydrogen-bond donors (Lipinski definition) is 2. The Hall–Kier alpha value is -2.99. The average Bonchev–Trinajstić information content (AvgIpc) is 3.26. The molecule has 2 N–H and O–H groups in total. The minimum Gasteiger partial charge on any atom is -0.337 e. The number of aryl methyl sites for hydroxylation is 2. The zero-order valence-corrected chi connectivity index (χ0v) is 15.6. The van der Waals surface area contributed by atoms with Gasteiger partial charge in [0.1, 0.15) is 5.69 Å². The quantitative estimate of drug-likeness (QED) is 0.588. The van der Waals surface area contributed by atoms with Gasteiger partial charge < -0.3 is 4.98 Å². The van der Waals surface area contributed by atoms with E-state index in [0.717, 1.165) is 54.3 Å². The molecule has 0 bridgehead atoms. The number of aromatic amines is 2. The van der Waals surface area contributed by atoms with Crippen LogP contribution in [0.1, 0.15) is 27.9 Å². The first-order valence-electron chi connectivity index (χ1n) is 9.32. The lowest BCUT2D eigenvalue weighted by Crippen LogP contribution is -2.30. The van der Waals surface area contributed by atoms with E-state index in [0.29, 0.717) is 0 Å². The van der Waals surface area contributed by atoms with Gasteiger partial charge in [-0.15, -0.1) is 0 Å². The van der Waals surface area contributed by atoms with Gasteiger partial charge in [-0.3, -0.25) is 15.0 Å². The second kappa shape index (κ2) is 6.32. The zero-order chi connectivity index (χ0) is 18.4. The van der Waals surface area contributed by atoms with Gasteiger partial charge in [0, 0.05) is 37.6 Å². The number of H-pyrrole nitrogens is 2. The Morgan fingerprint density at radius 3 is 2.93 bits per heavy atom. The lowest BCUT2D eigenvalue weighted by atomic mass is 10.0. The van der Waals surface area contributed by atoms with E-state index in [2.05, 4.69) is 57.1 Å². The minimum atomic E-state index is 0.846. The molecular weight excluding hydrogens is 336 g/mol. The highest BCUT2D eigenvalue weighted by Gasteiger charge is 2.24. The highest BCUT2D eigenvalue weighted by atomic mass is 15.2. The number of nitrogens with zero attached hydrogens (tertiary/aromatic N) is 4. The monoisotopic (exact) mass is 358 g/mol. The molecule has 3 aromatic heterocycles. The van der Waals surface area contributed by atoms with Crippen LogP contribution in [0.5, 0.6) is 0 Å². The molecule has 6 nitrogen and oxygen atoms in total. The molecule has 0 saturated carbocycles. The predicted molar refractivity (Wildman–Crippen MR) is 105 cm³/mol. The number of pyridine rings is 1. The van der Waals surface area contributed by atoms with Crippen LogP contribution in [-0.2, 0) is 19.5 Å². The second-order valence-corrected chi connectivity index (χ2v) is 7.38. The molecule has 1 aliphatic rings. The summed E-state index contributed by atoms with van der Waals surface area (Å²) in [5, 5.41) is 7.81. The molecule has 0 aliphatic carbocycles. The summed E-state index contributed by atoms with van der Waals surface area (Å²) >= 11 is 0. The van der Waals surface area contributed by atoms with E-state index >= 15 is 0 Å². The van der Waals surface area contributed by atoms with Crippen molar-refractivity contribution in [2.45, 2.75) is 33.4 Å². The first-order chi connectivity index (χ1) is 13.2. The SMILES string of the molecule is Cc1cc2nc(-c3[nH]nc4c3CCN(Cc3cccnc3)C4)[nH]c2cc1C. The van der Waals surface area contributed by atoms with Crippen LogP contribution in [0.2, 0.25) is 0 Å². The summed E-state index contributed by atoms with van der Waals surface area (Å²) < 4.78 is 0. The van der Waals surface area contributed by atoms with Crippen molar-refractivity contribution >= 4 is 11.0 Å². The van der Waals surface area contributed by atoms with E-state index in [1.165, 1.54) is 22.3 Å². The second-order valence-electron chi connectivity index (χ2n) is 7.38. The lowest BCUT2D eigenvalue weighted by molar-refractivity contribution is 0.242. The molecule has 1 aliphatic heterocycles. The number of fused-ring (bicyclic) bond motifs is 2. The van der Waals surface area contributed by atoms with Gasteiger partial charge in [0.25, 0.3) is 0 Å². The fourth-order valence-corrected chi connectivity index (χ4v) is 3.83. The molecule has 0 atom stereocenters. The number of aromatic nitrogens is 5. The van der Waals surface area contributed by atoms with Gasteiger partial charge >= 0.3 is 0 Å². The normalized spacial score (nSPS) is 14.6. The van der Waals surface area contributed by atoms with Crippen molar-refractivity contribution in [3.8, 4) is 11.5 Å². The molecule has 0 radical (unpaired) electrons. The molecular formula is C21H22N6. The van der Waals surface area contributed by atoms with E-state index in [9.17, 15) is 0 Å². The zero-order valence-electron chi connectivity index (χ0n) is 15.6. The third-order valence-electron chi connectivity index (χ3n) is 5.47. The average molecular weight is 358 g/mol. The first-order valence-corrected chi connectivity index (χ1v) is 9.32. The van der Waals surface area contributed by atoms with Crippen molar-refractivity contribution in [1.82, 2.24) is 30.0 Å². The maximum Gasteiger partial charge on any atom is 0.156 e. The third-order valence-corrected chi connectivity index (χ3v) is 5.47. The summed E-state index contributed by atoms with van der Waals surface area (Å²) in [5.41, 5.74) is 9.28. The summed E-state index contributed by atoms with van der Waals surface area (Å²) in [6.45, 7) is 7.01. The molecule has 0 fully saturated rings. The van der Waals surface area contributed by atoms with Gasteiger partial charge in [0.2, 0.25) is 0 Å². The summed E-state index contributed by atoms with van der Waals surface area (Å²) in [6, 6.07) is 8.42. The van der Waals surface area contributed by atoms with Gasteiger partial charge in [-0.25, -0.2) is 4.98 Å². The number of rotatable bonds is 3. The van der Waals surface area contributed by atoms with Crippen molar-refractivity contribution in [1.29, 1.82) is 0 Å². The van der Waals surface area contributed by atoms with Crippen molar-refractivity contribution in [3.05, 3.63) is 64.6 Å². The Labute approximate surface area is 157 Å². The van der Waals surface area contributed by atoms with Crippen LogP contribution in [0.3, 0.4) is 0 Å². The minimum absolute atomic E-state index is 0.846. The Bertz CT molecular complexity index is 1070. The summed E-state index contributed by atoms with van der Waals surface area (Å²) in [4.78, 5) is 14.9. The maximum atomic E-state index is 4.80. The number of imidazole rings is 1. The summed E-state index contributed by atoms with van der Waals surface area (Å²) in [5.74, 6) is 0.879. The predicted octanol–water partition coefficient (Wildman–Crippen LogP) is 3.52. The third kappa shape index (κ3) is 2.92. The van der Waals surface area contributed by atoms with Crippen molar-refractivity contribution in [2.75, 3.05) is 6.54 Å². The number of nitrogens with one attached hydrogen (secondary N) is 2. The topological polar surface area (TPSA) is 73.5 Å². The van der Waals surface area contributed by atoms with Gasteiger partial charge in [-0.2, -0.15) is 5.10 Å². The van der Waals surface area contributed by atoms with Crippen molar-refractivity contribution in [2.24, 2.45) is 0 Å². The van der Waals surface area contributed by atoms with E-state index in [4.69, 9.17) is 4.98 Å².